The number of anilines is 2. The number of nitrogen functional groups attached to an aromatic ring is 2. The first-order chi connectivity index (χ1) is 14.5. The minimum atomic E-state index is -0.323. The molecule has 0 radical (unpaired) electrons. The van der Waals surface area contributed by atoms with Crippen molar-refractivity contribution in [2.24, 2.45) is 0 Å². The molecule has 150 valence electrons. The van der Waals surface area contributed by atoms with Crippen LogP contribution in [-0.2, 0) is 0 Å². The third-order valence-electron chi connectivity index (χ3n) is 5.29. The number of nitrogens with one attached hydrogen (secondary N) is 3. The van der Waals surface area contributed by atoms with Gasteiger partial charge < -0.3 is 27.5 Å². The smallest absolute Gasteiger partial charge is 0.319 e. The first kappa shape index (κ1) is 19.3. The van der Waals surface area contributed by atoms with Gasteiger partial charge in [0.25, 0.3) is 0 Å². The van der Waals surface area contributed by atoms with E-state index >= 15 is 0 Å². The van der Waals surface area contributed by atoms with Gasteiger partial charge in [-0.2, -0.15) is 0 Å². The highest BCUT2D eigenvalue weighted by atomic mass is 16.2. The number of nitrogens with two attached hydrogens (primary N) is 2. The van der Waals surface area contributed by atoms with Crippen LogP contribution in [0.5, 0.6) is 0 Å². The molecular formula is C24H23N5O. The second-order valence-corrected chi connectivity index (χ2v) is 7.31. The lowest BCUT2D eigenvalue weighted by Crippen LogP contribution is -2.42. The molecule has 4 rings (SSSR count). The van der Waals surface area contributed by atoms with E-state index in [-0.39, 0.29) is 12.1 Å². The van der Waals surface area contributed by atoms with Crippen LogP contribution in [0.2, 0.25) is 0 Å². The van der Waals surface area contributed by atoms with E-state index < -0.39 is 0 Å². The Labute approximate surface area is 175 Å². The molecule has 2 amide bonds. The summed E-state index contributed by atoms with van der Waals surface area (Å²) in [6, 6.07) is 20.8. The molecule has 1 aliphatic heterocycles. The number of hydrogen-bond donors (Lipinski definition) is 5. The minimum absolute atomic E-state index is 0.246. The number of hydrogen-bond acceptors (Lipinski definition) is 4. The van der Waals surface area contributed by atoms with Gasteiger partial charge in [-0.1, -0.05) is 42.5 Å². The Morgan fingerprint density at radius 3 is 2.37 bits per heavy atom. The summed E-state index contributed by atoms with van der Waals surface area (Å²) in [4.78, 5) is 12.2. The van der Waals surface area contributed by atoms with Crippen molar-refractivity contribution in [3.63, 3.8) is 0 Å². The number of urea groups is 1. The number of carbonyl (C=O) groups is 1. The predicted octanol–water partition coefficient (Wildman–Crippen LogP) is 4.30. The van der Waals surface area contributed by atoms with E-state index in [9.17, 15) is 4.79 Å². The summed E-state index contributed by atoms with van der Waals surface area (Å²) >= 11 is 0. The molecule has 0 bridgehead atoms. The Hall–Kier alpha value is -4.06. The zero-order chi connectivity index (χ0) is 21.3. The van der Waals surface area contributed by atoms with Crippen LogP contribution in [0.25, 0.3) is 16.7 Å². The molecule has 0 aliphatic carbocycles. The SMILES string of the molecule is CC1=C(c2ccc(N)c(C=N)c2)C(c2ccc(-c3cccc(N)c3)cc2)NC(=O)N1. The fourth-order valence-corrected chi connectivity index (χ4v) is 3.78. The maximum atomic E-state index is 12.2. The molecule has 1 atom stereocenters. The Morgan fingerprint density at radius 2 is 1.67 bits per heavy atom. The van der Waals surface area contributed by atoms with Crippen LogP contribution in [-0.4, -0.2) is 12.2 Å². The van der Waals surface area contributed by atoms with E-state index in [2.05, 4.69) is 10.6 Å². The number of benzene rings is 3. The molecule has 0 fully saturated rings. The average molecular weight is 397 g/mol. The minimum Gasteiger partial charge on any atom is -0.399 e. The number of carbonyl (C=O) groups excluding carboxylic acids is 1. The first-order valence-corrected chi connectivity index (χ1v) is 9.61. The molecule has 1 heterocycles. The summed E-state index contributed by atoms with van der Waals surface area (Å²) in [7, 11) is 0. The van der Waals surface area contributed by atoms with Gasteiger partial charge in [0, 0.05) is 34.4 Å². The van der Waals surface area contributed by atoms with E-state index in [1.807, 2.05) is 67.6 Å². The molecule has 0 aromatic heterocycles. The predicted molar refractivity (Wildman–Crippen MR) is 122 cm³/mol. The molecule has 0 saturated heterocycles. The van der Waals surface area contributed by atoms with Gasteiger partial charge in [0.2, 0.25) is 0 Å². The van der Waals surface area contributed by atoms with Crippen molar-refractivity contribution < 1.29 is 4.79 Å². The Bertz CT molecular complexity index is 1160. The van der Waals surface area contributed by atoms with Crippen LogP contribution in [0.1, 0.15) is 29.7 Å². The molecule has 3 aromatic carbocycles. The van der Waals surface area contributed by atoms with Crippen LogP contribution in [0, 0.1) is 5.41 Å². The molecule has 7 N–H and O–H groups in total. The summed E-state index contributed by atoms with van der Waals surface area (Å²) in [5, 5.41) is 13.5. The normalized spacial score (nSPS) is 16.0. The largest absolute Gasteiger partial charge is 0.399 e. The van der Waals surface area contributed by atoms with Crippen molar-refractivity contribution in [3.8, 4) is 11.1 Å². The molecule has 1 aliphatic rings. The van der Waals surface area contributed by atoms with Gasteiger partial charge in [0.15, 0.2) is 0 Å². The molecule has 0 spiro atoms. The van der Waals surface area contributed by atoms with E-state index in [0.29, 0.717) is 16.9 Å². The van der Waals surface area contributed by atoms with Gasteiger partial charge in [-0.15, -0.1) is 0 Å². The Morgan fingerprint density at radius 1 is 0.933 bits per heavy atom. The van der Waals surface area contributed by atoms with E-state index in [1.165, 1.54) is 6.21 Å². The van der Waals surface area contributed by atoms with Crippen molar-refractivity contribution in [1.29, 1.82) is 5.41 Å². The second kappa shape index (κ2) is 7.75. The van der Waals surface area contributed by atoms with E-state index in [4.69, 9.17) is 16.9 Å². The van der Waals surface area contributed by atoms with E-state index in [0.717, 1.165) is 33.5 Å². The average Bonchev–Trinajstić information content (AvgIpc) is 2.74. The molecule has 1 unspecified atom stereocenters. The fourth-order valence-electron chi connectivity index (χ4n) is 3.78. The van der Waals surface area contributed by atoms with Gasteiger partial charge in [-0.3, -0.25) is 0 Å². The Balaban J connectivity index is 1.75. The highest BCUT2D eigenvalue weighted by molar-refractivity contribution is 5.91. The van der Waals surface area contributed by atoms with Crippen molar-refractivity contribution in [2.45, 2.75) is 13.0 Å². The second-order valence-electron chi connectivity index (χ2n) is 7.31. The lowest BCUT2D eigenvalue weighted by molar-refractivity contribution is 0.240. The maximum absolute atomic E-state index is 12.2. The van der Waals surface area contributed by atoms with Crippen LogP contribution < -0.4 is 22.1 Å². The van der Waals surface area contributed by atoms with Gasteiger partial charge in [-0.25, -0.2) is 4.79 Å². The summed E-state index contributed by atoms with van der Waals surface area (Å²) in [5.41, 5.74) is 19.4. The quantitative estimate of drug-likeness (QED) is 0.334. The monoisotopic (exact) mass is 397 g/mol. The van der Waals surface area contributed by atoms with Crippen molar-refractivity contribution >= 4 is 29.2 Å². The van der Waals surface area contributed by atoms with Crippen LogP contribution in [0.15, 0.2) is 72.4 Å². The van der Waals surface area contributed by atoms with Gasteiger partial charge in [0.1, 0.15) is 0 Å². The summed E-state index contributed by atoms with van der Waals surface area (Å²) in [6.07, 6.45) is 1.24. The maximum Gasteiger partial charge on any atom is 0.319 e. The zero-order valence-electron chi connectivity index (χ0n) is 16.6. The first-order valence-electron chi connectivity index (χ1n) is 9.61. The van der Waals surface area contributed by atoms with Crippen LogP contribution in [0.3, 0.4) is 0 Å². The topological polar surface area (TPSA) is 117 Å². The van der Waals surface area contributed by atoms with Crippen molar-refractivity contribution in [2.75, 3.05) is 11.5 Å². The molecule has 6 nitrogen and oxygen atoms in total. The summed E-state index contributed by atoms with van der Waals surface area (Å²) < 4.78 is 0. The van der Waals surface area contributed by atoms with Crippen LogP contribution in [0.4, 0.5) is 16.2 Å². The summed E-state index contributed by atoms with van der Waals surface area (Å²) in [5.74, 6) is 0. The van der Waals surface area contributed by atoms with Crippen molar-refractivity contribution in [3.05, 3.63) is 89.1 Å². The molecular weight excluding hydrogens is 374 g/mol. The lowest BCUT2D eigenvalue weighted by Gasteiger charge is -2.30. The van der Waals surface area contributed by atoms with Gasteiger partial charge in [-0.05, 0) is 53.4 Å². The number of rotatable bonds is 4. The number of amides is 2. The van der Waals surface area contributed by atoms with E-state index in [1.54, 1.807) is 6.07 Å². The molecule has 6 heteroatoms. The molecule has 0 saturated carbocycles. The summed E-state index contributed by atoms with van der Waals surface area (Å²) in [6.45, 7) is 1.88. The third-order valence-corrected chi connectivity index (χ3v) is 5.29. The molecule has 30 heavy (non-hydrogen) atoms. The van der Waals surface area contributed by atoms with Crippen molar-refractivity contribution in [1.82, 2.24) is 10.6 Å². The number of allylic oxidation sites excluding steroid dienone is 1. The lowest BCUT2D eigenvalue weighted by atomic mass is 9.88. The zero-order valence-corrected chi connectivity index (χ0v) is 16.6. The fraction of sp³-hybridized carbons (Fsp3) is 0.0833. The Kier molecular flexibility index (Phi) is 4.98. The highest BCUT2D eigenvalue weighted by Crippen LogP contribution is 2.36. The van der Waals surface area contributed by atoms with Gasteiger partial charge >= 0.3 is 6.03 Å². The highest BCUT2D eigenvalue weighted by Gasteiger charge is 2.27. The molecule has 3 aromatic rings. The van der Waals surface area contributed by atoms with Gasteiger partial charge in [0.05, 0.1) is 6.04 Å². The standard InChI is InChI=1S/C24H23N5O/c1-14-22(18-9-10-21(27)19(11-18)13-25)23(29-24(30)28-14)16-7-5-15(6-8-16)17-3-2-4-20(26)12-17/h2-13,23,25H,26-27H2,1H3,(H2,28,29,30). The third kappa shape index (κ3) is 3.63. The van der Waals surface area contributed by atoms with Crippen LogP contribution >= 0.6 is 0 Å².